The number of methoxy groups -OCH3 is 2. The Morgan fingerprint density at radius 3 is 2.65 bits per heavy atom. The molecule has 0 aliphatic carbocycles. The summed E-state index contributed by atoms with van der Waals surface area (Å²) in [6, 6.07) is 11.9. The van der Waals surface area contributed by atoms with E-state index in [4.69, 9.17) is 4.74 Å². The molecule has 2 aromatic rings. The molecule has 0 spiro atoms. The lowest BCUT2D eigenvalue weighted by Crippen LogP contribution is -2.27. The van der Waals surface area contributed by atoms with E-state index in [-0.39, 0.29) is 22.0 Å². The summed E-state index contributed by atoms with van der Waals surface area (Å²) in [4.78, 5) is 37.6. The van der Waals surface area contributed by atoms with Crippen molar-refractivity contribution in [3.8, 4) is 11.8 Å². The number of hydrogen-bond donors (Lipinski definition) is 1. The molecule has 0 atom stereocenters. The van der Waals surface area contributed by atoms with Crippen LogP contribution in [0.1, 0.15) is 10.4 Å². The molecule has 1 aliphatic rings. The van der Waals surface area contributed by atoms with Crippen LogP contribution in [-0.4, -0.2) is 37.8 Å². The van der Waals surface area contributed by atoms with Crippen molar-refractivity contribution in [2.75, 3.05) is 30.2 Å². The molecule has 8 nitrogen and oxygen atoms in total. The van der Waals surface area contributed by atoms with Gasteiger partial charge in [0.1, 0.15) is 22.7 Å². The number of esters is 1. The molecular formula is C21H16FN3O5S. The zero-order chi connectivity index (χ0) is 22.5. The molecule has 2 aromatic carbocycles. The Bertz CT molecular complexity index is 1140. The maximum atomic E-state index is 14.9. The summed E-state index contributed by atoms with van der Waals surface area (Å²) in [5.74, 6) is -2.40. The van der Waals surface area contributed by atoms with Crippen molar-refractivity contribution < 1.29 is 28.2 Å². The van der Waals surface area contributed by atoms with Crippen LogP contribution < -0.4 is 15.0 Å². The molecule has 10 heteroatoms. The number of rotatable bonds is 5. The van der Waals surface area contributed by atoms with Gasteiger partial charge in [0.05, 0.1) is 25.7 Å². The van der Waals surface area contributed by atoms with E-state index in [1.807, 2.05) is 0 Å². The van der Waals surface area contributed by atoms with E-state index < -0.39 is 29.2 Å². The summed E-state index contributed by atoms with van der Waals surface area (Å²) in [5.41, 5.74) is -0.110. The van der Waals surface area contributed by atoms with Crippen LogP contribution in [0.4, 0.5) is 15.8 Å². The van der Waals surface area contributed by atoms with Crippen LogP contribution in [0.25, 0.3) is 0 Å². The number of anilines is 2. The fraction of sp³-hybridized carbons (Fsp3) is 0.143. The van der Waals surface area contributed by atoms with Gasteiger partial charge in [0.15, 0.2) is 5.57 Å². The monoisotopic (exact) mass is 441 g/mol. The molecule has 31 heavy (non-hydrogen) atoms. The highest BCUT2D eigenvalue weighted by Crippen LogP contribution is 2.37. The molecule has 1 aliphatic heterocycles. The van der Waals surface area contributed by atoms with Crippen LogP contribution in [0, 0.1) is 17.1 Å². The highest BCUT2D eigenvalue weighted by molar-refractivity contribution is 8.04. The number of carbonyl (C=O) groups excluding carboxylic acids is 3. The van der Waals surface area contributed by atoms with Crippen molar-refractivity contribution >= 4 is 40.9 Å². The van der Waals surface area contributed by atoms with Gasteiger partial charge in [0.2, 0.25) is 5.91 Å². The number of amides is 2. The molecule has 158 valence electrons. The van der Waals surface area contributed by atoms with Gasteiger partial charge in [-0.15, -0.1) is 0 Å². The first-order valence-electron chi connectivity index (χ1n) is 8.83. The van der Waals surface area contributed by atoms with Gasteiger partial charge in [-0.3, -0.25) is 14.5 Å². The molecule has 0 radical (unpaired) electrons. The number of thioether (sulfide) groups is 1. The molecule has 1 saturated heterocycles. The van der Waals surface area contributed by atoms with Crippen molar-refractivity contribution in [3.05, 3.63) is 64.4 Å². The lowest BCUT2D eigenvalue weighted by Gasteiger charge is -2.19. The summed E-state index contributed by atoms with van der Waals surface area (Å²) in [6.07, 6.45) is 0. The number of nitriles is 1. The van der Waals surface area contributed by atoms with Gasteiger partial charge < -0.3 is 14.8 Å². The standard InChI is InChI=1S/C21H16FN3O5S/c1-29-14-5-3-4-13(9-14)24-19(27)12-6-7-17(16(22)8-12)25-18(26)11-31-20(25)15(10-23)21(28)30-2/h3-9H,11H2,1-2H3,(H,24,27)/b20-15-. The van der Waals surface area contributed by atoms with Gasteiger partial charge in [-0.2, -0.15) is 5.26 Å². The van der Waals surface area contributed by atoms with Crippen LogP contribution in [0.15, 0.2) is 53.1 Å². The Hall–Kier alpha value is -3.84. The SMILES string of the molecule is COC(=O)/C(C#N)=C1\SCC(=O)N1c1ccc(C(=O)Nc2cccc(OC)c2)cc1F. The number of hydrogen-bond acceptors (Lipinski definition) is 7. The third-order valence-corrected chi connectivity index (χ3v) is 5.33. The maximum absolute atomic E-state index is 14.9. The zero-order valence-electron chi connectivity index (χ0n) is 16.5. The van der Waals surface area contributed by atoms with Crippen LogP contribution in [-0.2, 0) is 14.3 Å². The Kier molecular flexibility index (Phi) is 6.57. The summed E-state index contributed by atoms with van der Waals surface area (Å²) in [5, 5.41) is 11.9. The Morgan fingerprint density at radius 2 is 2.00 bits per heavy atom. The Balaban J connectivity index is 1.91. The zero-order valence-corrected chi connectivity index (χ0v) is 17.3. The minimum Gasteiger partial charge on any atom is -0.497 e. The molecule has 2 amide bonds. The topological polar surface area (TPSA) is 109 Å². The second-order valence-corrected chi connectivity index (χ2v) is 7.12. The maximum Gasteiger partial charge on any atom is 0.351 e. The second kappa shape index (κ2) is 9.32. The summed E-state index contributed by atoms with van der Waals surface area (Å²) < 4.78 is 24.6. The third kappa shape index (κ3) is 4.51. The smallest absolute Gasteiger partial charge is 0.351 e. The number of carbonyl (C=O) groups is 3. The van der Waals surface area contributed by atoms with Gasteiger partial charge in [-0.1, -0.05) is 17.8 Å². The van der Waals surface area contributed by atoms with E-state index in [1.165, 1.54) is 19.2 Å². The minimum atomic E-state index is -0.931. The molecule has 3 rings (SSSR count). The van der Waals surface area contributed by atoms with Crippen molar-refractivity contribution in [3.63, 3.8) is 0 Å². The summed E-state index contributed by atoms with van der Waals surface area (Å²) in [7, 11) is 2.59. The quantitative estimate of drug-likeness (QED) is 0.431. The molecular weight excluding hydrogens is 425 g/mol. The van der Waals surface area contributed by atoms with Crippen molar-refractivity contribution in [1.82, 2.24) is 0 Å². The number of nitrogens with zero attached hydrogens (tertiary/aromatic N) is 2. The molecule has 0 aromatic heterocycles. The first kappa shape index (κ1) is 21.9. The number of halogens is 1. The van der Waals surface area contributed by atoms with Crippen LogP contribution in [0.3, 0.4) is 0 Å². The van der Waals surface area contributed by atoms with Gasteiger partial charge in [0, 0.05) is 17.3 Å². The normalized spacial score (nSPS) is 14.6. The highest BCUT2D eigenvalue weighted by Gasteiger charge is 2.35. The molecule has 1 heterocycles. The third-order valence-electron chi connectivity index (χ3n) is 4.28. The van der Waals surface area contributed by atoms with Gasteiger partial charge in [0.25, 0.3) is 5.91 Å². The van der Waals surface area contributed by atoms with E-state index in [1.54, 1.807) is 30.3 Å². The highest BCUT2D eigenvalue weighted by atomic mass is 32.2. The molecule has 0 unspecified atom stereocenters. The van der Waals surface area contributed by atoms with E-state index in [0.717, 1.165) is 29.8 Å². The molecule has 0 bridgehead atoms. The number of benzene rings is 2. The van der Waals surface area contributed by atoms with Crippen molar-refractivity contribution in [2.45, 2.75) is 0 Å². The van der Waals surface area contributed by atoms with Crippen molar-refractivity contribution in [2.24, 2.45) is 0 Å². The van der Waals surface area contributed by atoms with Crippen LogP contribution in [0.5, 0.6) is 5.75 Å². The lowest BCUT2D eigenvalue weighted by atomic mass is 10.1. The first-order chi connectivity index (χ1) is 14.9. The van der Waals surface area contributed by atoms with Gasteiger partial charge in [-0.05, 0) is 30.3 Å². The van der Waals surface area contributed by atoms with Crippen LogP contribution >= 0.6 is 11.8 Å². The fourth-order valence-corrected chi connectivity index (χ4v) is 3.81. The van der Waals surface area contributed by atoms with E-state index in [0.29, 0.717) is 11.4 Å². The number of nitrogens with one attached hydrogen (secondary N) is 1. The summed E-state index contributed by atoms with van der Waals surface area (Å²) >= 11 is 0.929. The fourth-order valence-electron chi connectivity index (χ4n) is 2.82. The largest absolute Gasteiger partial charge is 0.497 e. The number of ether oxygens (including phenoxy) is 2. The van der Waals surface area contributed by atoms with Gasteiger partial charge in [-0.25, -0.2) is 9.18 Å². The molecule has 1 N–H and O–H groups in total. The molecule has 1 fully saturated rings. The predicted molar refractivity (Wildman–Crippen MR) is 112 cm³/mol. The van der Waals surface area contributed by atoms with E-state index in [9.17, 15) is 24.0 Å². The van der Waals surface area contributed by atoms with Crippen LogP contribution in [0.2, 0.25) is 0 Å². The van der Waals surface area contributed by atoms with Gasteiger partial charge >= 0.3 is 5.97 Å². The summed E-state index contributed by atoms with van der Waals surface area (Å²) in [6.45, 7) is 0. The molecule has 0 saturated carbocycles. The Labute approximate surface area is 181 Å². The average molecular weight is 441 g/mol. The second-order valence-electron chi connectivity index (χ2n) is 6.15. The first-order valence-corrected chi connectivity index (χ1v) is 9.81. The Morgan fingerprint density at radius 1 is 1.23 bits per heavy atom. The van der Waals surface area contributed by atoms with E-state index >= 15 is 0 Å². The predicted octanol–water partition coefficient (Wildman–Crippen LogP) is 3.07. The van der Waals surface area contributed by atoms with E-state index in [2.05, 4.69) is 10.1 Å². The lowest BCUT2D eigenvalue weighted by molar-refractivity contribution is -0.135. The minimum absolute atomic E-state index is 0.0161. The van der Waals surface area contributed by atoms with Crippen molar-refractivity contribution in [1.29, 1.82) is 5.26 Å². The average Bonchev–Trinajstić information content (AvgIpc) is 3.14.